The number of thioether (sulfide) groups is 1. The van der Waals surface area contributed by atoms with Crippen molar-refractivity contribution >= 4 is 40.2 Å². The summed E-state index contributed by atoms with van der Waals surface area (Å²) in [6, 6.07) is 16.6. The van der Waals surface area contributed by atoms with Crippen LogP contribution in [0.25, 0.3) is 10.9 Å². The van der Waals surface area contributed by atoms with E-state index in [1.165, 1.54) is 4.90 Å². The zero-order chi connectivity index (χ0) is 16.0. The molecule has 0 atom stereocenters. The zero-order valence-corrected chi connectivity index (χ0v) is 13.1. The van der Waals surface area contributed by atoms with E-state index < -0.39 is 0 Å². The SMILES string of the molecule is CSc1cccc(N2C(=O)c3cc4ccccc4nc3C2=O)c1. The van der Waals surface area contributed by atoms with Crippen molar-refractivity contribution in [1.29, 1.82) is 0 Å². The Kier molecular flexibility index (Phi) is 3.16. The maximum Gasteiger partial charge on any atom is 0.284 e. The molecule has 3 aromatic rings. The van der Waals surface area contributed by atoms with Gasteiger partial charge in [0.15, 0.2) is 0 Å². The molecule has 0 spiro atoms. The van der Waals surface area contributed by atoms with Gasteiger partial charge >= 0.3 is 0 Å². The van der Waals surface area contributed by atoms with E-state index in [1.54, 1.807) is 23.9 Å². The number of hydrogen-bond acceptors (Lipinski definition) is 4. The van der Waals surface area contributed by atoms with Crippen molar-refractivity contribution in [1.82, 2.24) is 4.98 Å². The lowest BCUT2D eigenvalue weighted by Gasteiger charge is -2.14. The molecule has 1 aliphatic rings. The summed E-state index contributed by atoms with van der Waals surface area (Å²) in [4.78, 5) is 32.0. The summed E-state index contributed by atoms with van der Waals surface area (Å²) >= 11 is 1.57. The molecule has 0 aliphatic carbocycles. The molecule has 1 aromatic heterocycles. The molecule has 0 N–H and O–H groups in total. The molecule has 2 aromatic carbocycles. The van der Waals surface area contributed by atoms with E-state index in [-0.39, 0.29) is 17.5 Å². The average molecular weight is 320 g/mol. The van der Waals surface area contributed by atoms with Crippen LogP contribution >= 0.6 is 11.8 Å². The number of amides is 2. The molecule has 2 amide bonds. The van der Waals surface area contributed by atoms with Crippen molar-refractivity contribution in [3.05, 3.63) is 65.9 Å². The Morgan fingerprint density at radius 3 is 2.61 bits per heavy atom. The Bertz CT molecular complexity index is 914. The zero-order valence-electron chi connectivity index (χ0n) is 12.3. The van der Waals surface area contributed by atoms with Crippen molar-refractivity contribution in [2.75, 3.05) is 11.2 Å². The van der Waals surface area contributed by atoms with Crippen LogP contribution in [0.2, 0.25) is 0 Å². The standard InChI is InChI=1S/C18H12N2O2S/c1-23-13-7-4-6-12(10-13)20-17(21)14-9-11-5-2-3-8-15(11)19-16(14)18(20)22/h2-10H,1H3. The molecule has 0 unspecified atom stereocenters. The molecule has 4 nitrogen and oxygen atoms in total. The highest BCUT2D eigenvalue weighted by molar-refractivity contribution is 7.98. The number of nitrogens with zero attached hydrogens (tertiary/aromatic N) is 2. The number of para-hydroxylation sites is 1. The van der Waals surface area contributed by atoms with Gasteiger partial charge in [-0.25, -0.2) is 9.88 Å². The number of rotatable bonds is 2. The van der Waals surface area contributed by atoms with E-state index in [4.69, 9.17) is 0 Å². The topological polar surface area (TPSA) is 50.3 Å². The van der Waals surface area contributed by atoms with Gasteiger partial charge in [0.1, 0.15) is 5.69 Å². The molecule has 0 radical (unpaired) electrons. The molecule has 0 saturated heterocycles. The minimum atomic E-state index is -0.367. The van der Waals surface area contributed by atoms with E-state index in [0.717, 1.165) is 10.3 Å². The minimum absolute atomic E-state index is 0.225. The normalized spacial score (nSPS) is 13.7. The fourth-order valence-corrected chi connectivity index (χ4v) is 3.20. The summed E-state index contributed by atoms with van der Waals surface area (Å²) in [5.74, 6) is -0.685. The summed E-state index contributed by atoms with van der Waals surface area (Å²) in [6.07, 6.45) is 1.95. The molecule has 0 fully saturated rings. The average Bonchev–Trinajstić information content (AvgIpc) is 2.83. The summed E-state index contributed by atoms with van der Waals surface area (Å²) in [5, 5.41) is 0.854. The number of anilines is 1. The first kappa shape index (κ1) is 14.0. The van der Waals surface area contributed by atoms with Gasteiger partial charge in [0, 0.05) is 10.3 Å². The fraction of sp³-hybridized carbons (Fsp3) is 0.0556. The molecule has 2 heterocycles. The lowest BCUT2D eigenvalue weighted by atomic mass is 10.1. The predicted octanol–water partition coefficient (Wildman–Crippen LogP) is 3.76. The Morgan fingerprint density at radius 1 is 0.957 bits per heavy atom. The highest BCUT2D eigenvalue weighted by Crippen LogP contribution is 2.31. The summed E-state index contributed by atoms with van der Waals surface area (Å²) < 4.78 is 0. The first-order chi connectivity index (χ1) is 11.2. The molecule has 4 rings (SSSR count). The van der Waals surface area contributed by atoms with Crippen LogP contribution in [0, 0.1) is 0 Å². The first-order valence-corrected chi connectivity index (χ1v) is 8.34. The second-order valence-corrected chi connectivity index (χ2v) is 6.10. The number of fused-ring (bicyclic) bond motifs is 2. The molecule has 1 aliphatic heterocycles. The molecule has 0 bridgehead atoms. The van der Waals surface area contributed by atoms with Crippen LogP contribution in [0.5, 0.6) is 0 Å². The Hall–Kier alpha value is -2.66. The van der Waals surface area contributed by atoms with Gasteiger partial charge in [0.25, 0.3) is 11.8 Å². The van der Waals surface area contributed by atoms with Gasteiger partial charge in [0.05, 0.1) is 16.8 Å². The van der Waals surface area contributed by atoms with E-state index in [0.29, 0.717) is 16.8 Å². The maximum atomic E-state index is 12.7. The Labute approximate surface area is 137 Å². The third kappa shape index (κ3) is 2.12. The van der Waals surface area contributed by atoms with Crippen LogP contribution in [-0.2, 0) is 0 Å². The smallest absolute Gasteiger partial charge is 0.268 e. The predicted molar refractivity (Wildman–Crippen MR) is 91.1 cm³/mol. The third-order valence-electron chi connectivity index (χ3n) is 3.87. The molecule has 0 saturated carbocycles. The van der Waals surface area contributed by atoms with Crippen molar-refractivity contribution in [2.45, 2.75) is 4.90 Å². The molecular formula is C18H12N2O2S. The van der Waals surface area contributed by atoms with Crippen LogP contribution in [0.3, 0.4) is 0 Å². The lowest BCUT2D eigenvalue weighted by molar-refractivity contribution is 0.0924. The number of carbonyl (C=O) groups excluding carboxylic acids is 2. The highest BCUT2D eigenvalue weighted by Gasteiger charge is 2.38. The van der Waals surface area contributed by atoms with Gasteiger partial charge in [-0.3, -0.25) is 9.59 Å². The highest BCUT2D eigenvalue weighted by atomic mass is 32.2. The molecule has 23 heavy (non-hydrogen) atoms. The number of hydrogen-bond donors (Lipinski definition) is 0. The minimum Gasteiger partial charge on any atom is -0.268 e. The van der Waals surface area contributed by atoms with Crippen molar-refractivity contribution in [3.8, 4) is 0 Å². The second-order valence-electron chi connectivity index (χ2n) is 5.22. The number of benzene rings is 2. The fourth-order valence-electron chi connectivity index (χ4n) is 2.74. The quantitative estimate of drug-likeness (QED) is 0.533. The van der Waals surface area contributed by atoms with Crippen LogP contribution in [0.1, 0.15) is 20.8 Å². The lowest BCUT2D eigenvalue weighted by Crippen LogP contribution is -2.29. The van der Waals surface area contributed by atoms with Gasteiger partial charge in [0.2, 0.25) is 0 Å². The largest absolute Gasteiger partial charge is 0.284 e. The van der Waals surface area contributed by atoms with Gasteiger partial charge in [-0.15, -0.1) is 11.8 Å². The first-order valence-electron chi connectivity index (χ1n) is 7.11. The Morgan fingerprint density at radius 2 is 1.78 bits per heavy atom. The van der Waals surface area contributed by atoms with Crippen LogP contribution < -0.4 is 4.90 Å². The van der Waals surface area contributed by atoms with Gasteiger partial charge in [-0.1, -0.05) is 24.3 Å². The third-order valence-corrected chi connectivity index (χ3v) is 4.60. The molecule has 5 heteroatoms. The van der Waals surface area contributed by atoms with Gasteiger partial charge < -0.3 is 0 Å². The number of aromatic nitrogens is 1. The Balaban J connectivity index is 1.87. The molecule has 112 valence electrons. The van der Waals surface area contributed by atoms with Crippen molar-refractivity contribution < 1.29 is 9.59 Å². The van der Waals surface area contributed by atoms with E-state index in [2.05, 4.69) is 4.98 Å². The van der Waals surface area contributed by atoms with Crippen molar-refractivity contribution in [3.63, 3.8) is 0 Å². The van der Waals surface area contributed by atoms with Crippen molar-refractivity contribution in [2.24, 2.45) is 0 Å². The number of carbonyl (C=O) groups is 2. The summed E-state index contributed by atoms with van der Waals surface area (Å²) in [6.45, 7) is 0. The monoisotopic (exact) mass is 320 g/mol. The summed E-state index contributed by atoms with van der Waals surface area (Å²) in [7, 11) is 0. The van der Waals surface area contributed by atoms with E-state index in [1.807, 2.05) is 48.7 Å². The number of pyridine rings is 1. The number of imide groups is 1. The molecular weight excluding hydrogens is 308 g/mol. The van der Waals surface area contributed by atoms with Gasteiger partial charge in [-0.05, 0) is 36.6 Å². The van der Waals surface area contributed by atoms with Crippen LogP contribution in [-0.4, -0.2) is 23.1 Å². The van der Waals surface area contributed by atoms with Gasteiger partial charge in [-0.2, -0.15) is 0 Å². The van der Waals surface area contributed by atoms with Crippen LogP contribution in [0.4, 0.5) is 5.69 Å². The van der Waals surface area contributed by atoms with E-state index >= 15 is 0 Å². The maximum absolute atomic E-state index is 12.7. The van der Waals surface area contributed by atoms with E-state index in [9.17, 15) is 9.59 Å². The summed E-state index contributed by atoms with van der Waals surface area (Å²) in [5.41, 5.74) is 1.88. The second kappa shape index (κ2) is 5.21. The van der Waals surface area contributed by atoms with Crippen LogP contribution in [0.15, 0.2) is 59.5 Å².